The molecular formula is C42H53N9O9. The molecule has 0 aliphatic carbocycles. The van der Waals surface area contributed by atoms with Gasteiger partial charge in [0.15, 0.2) is 0 Å². The van der Waals surface area contributed by atoms with E-state index in [0.717, 1.165) is 47.7 Å². The van der Waals surface area contributed by atoms with Gasteiger partial charge in [0.05, 0.1) is 75.2 Å². The van der Waals surface area contributed by atoms with Crippen LogP contribution in [0.5, 0.6) is 5.75 Å². The molecule has 320 valence electrons. The zero-order valence-electron chi connectivity index (χ0n) is 34.4. The van der Waals surface area contributed by atoms with Gasteiger partial charge in [0.1, 0.15) is 48.0 Å². The van der Waals surface area contributed by atoms with E-state index in [0.29, 0.717) is 94.7 Å². The molecule has 3 amide bonds. The Labute approximate surface area is 348 Å². The van der Waals surface area contributed by atoms with Gasteiger partial charge in [-0.3, -0.25) is 19.3 Å². The minimum absolute atomic E-state index is 0.145. The van der Waals surface area contributed by atoms with Gasteiger partial charge in [-0.1, -0.05) is 6.58 Å². The molecule has 60 heavy (non-hydrogen) atoms. The summed E-state index contributed by atoms with van der Waals surface area (Å²) in [4.78, 5) is 60.3. The fourth-order valence-corrected chi connectivity index (χ4v) is 7.45. The van der Waals surface area contributed by atoms with E-state index < -0.39 is 23.8 Å². The van der Waals surface area contributed by atoms with Crippen LogP contribution in [-0.2, 0) is 35.1 Å². The van der Waals surface area contributed by atoms with Crippen molar-refractivity contribution in [3.63, 3.8) is 0 Å². The number of carbonyl (C=O) groups excluding carboxylic acids is 3. The molecule has 2 N–H and O–H groups in total. The number of allylic oxidation sites excluding steroid dienone is 1. The van der Waals surface area contributed by atoms with Crippen molar-refractivity contribution in [2.75, 3.05) is 83.3 Å². The summed E-state index contributed by atoms with van der Waals surface area (Å²) < 4.78 is 36.2. The quantitative estimate of drug-likeness (QED) is 0.0897. The zero-order chi connectivity index (χ0) is 42.0. The van der Waals surface area contributed by atoms with E-state index in [9.17, 15) is 14.4 Å². The summed E-state index contributed by atoms with van der Waals surface area (Å²) in [5, 5.41) is 5.97. The third-order valence-electron chi connectivity index (χ3n) is 10.5. The van der Waals surface area contributed by atoms with Crippen molar-refractivity contribution in [2.45, 2.75) is 64.3 Å². The third kappa shape index (κ3) is 10.2. The summed E-state index contributed by atoms with van der Waals surface area (Å²) in [6.45, 7) is 12.9. The van der Waals surface area contributed by atoms with Gasteiger partial charge >= 0.3 is 0 Å². The van der Waals surface area contributed by atoms with Crippen LogP contribution in [0.4, 0.5) is 17.6 Å². The summed E-state index contributed by atoms with van der Waals surface area (Å²) >= 11 is 0. The number of hydrogen-bond acceptors (Lipinski definition) is 15. The molecule has 6 heterocycles. The summed E-state index contributed by atoms with van der Waals surface area (Å²) in [5.41, 5.74) is 2.78. The lowest BCUT2D eigenvalue weighted by Gasteiger charge is -2.31. The minimum Gasteiger partial charge on any atom is -0.491 e. The molecule has 18 nitrogen and oxygen atoms in total. The largest absolute Gasteiger partial charge is 0.491 e. The topological polar surface area (TPSA) is 194 Å². The predicted molar refractivity (Wildman–Crippen MR) is 220 cm³/mol. The molecule has 2 saturated heterocycles. The van der Waals surface area contributed by atoms with Gasteiger partial charge in [-0.05, 0) is 63.8 Å². The van der Waals surface area contributed by atoms with Crippen molar-refractivity contribution >= 4 is 46.3 Å². The number of imide groups is 1. The van der Waals surface area contributed by atoms with Crippen molar-refractivity contribution in [2.24, 2.45) is 0 Å². The highest BCUT2D eigenvalue weighted by Gasteiger charge is 2.44. The number of nitrogens with one attached hydrogen (secondary N) is 2. The Kier molecular flexibility index (Phi) is 14.3. The lowest BCUT2D eigenvalue weighted by molar-refractivity contribution is -0.125. The highest BCUT2D eigenvalue weighted by molar-refractivity contribution is 6.23. The first-order valence-corrected chi connectivity index (χ1v) is 20.4. The molecule has 18 heteroatoms. The number of rotatable bonds is 21. The van der Waals surface area contributed by atoms with Gasteiger partial charge in [-0.2, -0.15) is 4.98 Å². The number of piperidine rings is 2. The molecule has 3 aromatic heterocycles. The molecule has 3 aliphatic rings. The number of nitrogens with zero attached hydrogens (tertiary/aromatic N) is 7. The average Bonchev–Trinajstić information content (AvgIpc) is 3.73. The summed E-state index contributed by atoms with van der Waals surface area (Å²) in [6, 6.07) is 7.81. The van der Waals surface area contributed by atoms with E-state index in [1.807, 2.05) is 12.1 Å². The minimum atomic E-state index is -0.859. The number of hydrogen-bond donors (Lipinski definition) is 2. The first kappa shape index (κ1) is 42.6. The average molecular weight is 828 g/mol. The molecule has 0 saturated carbocycles. The van der Waals surface area contributed by atoms with Crippen molar-refractivity contribution in [1.82, 2.24) is 34.7 Å². The van der Waals surface area contributed by atoms with Gasteiger partial charge in [0, 0.05) is 44.2 Å². The van der Waals surface area contributed by atoms with E-state index in [1.54, 1.807) is 31.6 Å². The highest BCUT2D eigenvalue weighted by Crippen LogP contribution is 2.31. The maximum atomic E-state index is 13.1. The van der Waals surface area contributed by atoms with Crippen LogP contribution in [0.2, 0.25) is 0 Å². The fourth-order valence-electron chi connectivity index (χ4n) is 7.45. The normalized spacial score (nSPS) is 17.2. The van der Waals surface area contributed by atoms with Gasteiger partial charge < -0.3 is 48.5 Å². The predicted octanol–water partition coefficient (Wildman–Crippen LogP) is 4.19. The Morgan fingerprint density at radius 2 is 1.53 bits per heavy atom. The van der Waals surface area contributed by atoms with Crippen LogP contribution in [0.3, 0.4) is 0 Å². The standard InChI is InChI=1S/C42H53N9O9/c1-27(2)50-35-24-37(47-36-9-12-43-42(48-36)49-13-10-29(55-4)11-14-49)44-25-33(35)46-38(50)26-59-20-19-57-16-15-56-17-18-58-21-22-60-30-6-7-31-32(23-30)41(54)51(40(31)53)34-8-5-28(3)45-39(34)52/h6-7,9,12,23-25,27,29,34H,3,5,8,10-11,13-22,26H2,1-2,4H3,(H,45,52)(H,43,44,47,48). The van der Waals surface area contributed by atoms with Crippen molar-refractivity contribution in [3.8, 4) is 5.75 Å². The van der Waals surface area contributed by atoms with E-state index in [1.165, 1.54) is 6.07 Å². The van der Waals surface area contributed by atoms with Crippen LogP contribution in [0.15, 0.2) is 55.0 Å². The Balaban J connectivity index is 0.754. The maximum absolute atomic E-state index is 13.1. The van der Waals surface area contributed by atoms with Crippen LogP contribution in [0, 0.1) is 0 Å². The first-order chi connectivity index (χ1) is 29.2. The van der Waals surface area contributed by atoms with Gasteiger partial charge in [-0.15, -0.1) is 0 Å². The Bertz CT molecular complexity index is 2150. The molecule has 7 rings (SSSR count). The summed E-state index contributed by atoms with van der Waals surface area (Å²) in [6.07, 6.45) is 6.55. The van der Waals surface area contributed by atoms with Crippen LogP contribution in [-0.4, -0.2) is 132 Å². The number of carbonyl (C=O) groups is 3. The second kappa shape index (κ2) is 20.2. The molecule has 1 aromatic carbocycles. The third-order valence-corrected chi connectivity index (χ3v) is 10.5. The monoisotopic (exact) mass is 827 g/mol. The van der Waals surface area contributed by atoms with Gasteiger partial charge in [0.25, 0.3) is 11.8 Å². The van der Waals surface area contributed by atoms with E-state index in [4.69, 9.17) is 38.4 Å². The Hall–Kier alpha value is -5.53. The van der Waals surface area contributed by atoms with E-state index in [-0.39, 0.29) is 29.9 Å². The number of methoxy groups -OCH3 is 1. The molecule has 1 atom stereocenters. The van der Waals surface area contributed by atoms with Gasteiger partial charge in [-0.25, -0.2) is 15.0 Å². The lowest BCUT2D eigenvalue weighted by atomic mass is 10.0. The fraction of sp³-hybridized carbons (Fsp3) is 0.500. The number of aromatic nitrogens is 5. The maximum Gasteiger partial charge on any atom is 0.262 e. The van der Waals surface area contributed by atoms with Crippen molar-refractivity contribution < 1.29 is 42.8 Å². The van der Waals surface area contributed by atoms with Gasteiger partial charge in [0.2, 0.25) is 11.9 Å². The molecule has 1 unspecified atom stereocenters. The second-order valence-corrected chi connectivity index (χ2v) is 14.9. The molecule has 0 spiro atoms. The molecular weight excluding hydrogens is 775 g/mol. The van der Waals surface area contributed by atoms with E-state index >= 15 is 0 Å². The molecule has 2 fully saturated rings. The Morgan fingerprint density at radius 3 is 2.23 bits per heavy atom. The van der Waals surface area contributed by atoms with Crippen LogP contribution >= 0.6 is 0 Å². The summed E-state index contributed by atoms with van der Waals surface area (Å²) in [7, 11) is 1.76. The number of amides is 3. The smallest absolute Gasteiger partial charge is 0.262 e. The van der Waals surface area contributed by atoms with Crippen LogP contribution in [0.1, 0.15) is 72.1 Å². The number of benzene rings is 1. The number of pyridine rings is 1. The molecule has 3 aliphatic heterocycles. The zero-order valence-corrected chi connectivity index (χ0v) is 34.4. The number of ether oxygens (including phenoxy) is 6. The molecule has 0 bridgehead atoms. The second-order valence-electron chi connectivity index (χ2n) is 14.9. The summed E-state index contributed by atoms with van der Waals surface area (Å²) in [5.74, 6) is 1.86. The van der Waals surface area contributed by atoms with Crippen LogP contribution in [0.25, 0.3) is 11.0 Å². The molecule has 4 aromatic rings. The van der Waals surface area contributed by atoms with Crippen molar-refractivity contribution in [3.05, 3.63) is 72.0 Å². The van der Waals surface area contributed by atoms with Crippen LogP contribution < -0.4 is 20.3 Å². The Morgan fingerprint density at radius 1 is 0.833 bits per heavy atom. The van der Waals surface area contributed by atoms with E-state index in [2.05, 4.69) is 50.5 Å². The highest BCUT2D eigenvalue weighted by atomic mass is 16.6. The first-order valence-electron chi connectivity index (χ1n) is 20.4. The number of imidazole rings is 1. The lowest BCUT2D eigenvalue weighted by Crippen LogP contribution is -2.51. The number of anilines is 3. The SMILES string of the molecule is C=C1CCC(N2C(=O)c3ccc(OCCOCCOCCOCCOCc4nc5cnc(Nc6ccnc(N7CCC(OC)CC7)n6)cc5n4C(C)C)cc3C2=O)C(=O)N1. The number of fused-ring (bicyclic) bond motifs is 2. The van der Waals surface area contributed by atoms with Crippen molar-refractivity contribution in [1.29, 1.82) is 0 Å². The molecule has 0 radical (unpaired) electrons.